The number of carbonyl (C=O) groups is 2. The minimum atomic E-state index is -4.06. The Morgan fingerprint density at radius 2 is 1.81 bits per heavy atom. The largest absolute Gasteiger partial charge is 0.462 e. The van der Waals surface area contributed by atoms with Crippen molar-refractivity contribution in [2.45, 2.75) is 44.1 Å². The number of hydrazone groups is 1. The number of sulfone groups is 1. The molecule has 0 aliphatic carbocycles. The Bertz CT molecular complexity index is 873. The first kappa shape index (κ1) is 19.3. The highest BCUT2D eigenvalue weighted by atomic mass is 32.2. The molecular formula is C18H23N3O5S. The smallest absolute Gasteiger partial charge is 0.328 e. The predicted octanol–water partition coefficient (Wildman–Crippen LogP) is 1.56. The quantitative estimate of drug-likeness (QED) is 0.720. The van der Waals surface area contributed by atoms with Crippen LogP contribution in [0.25, 0.3) is 0 Å². The van der Waals surface area contributed by atoms with Crippen LogP contribution in [0.4, 0.5) is 5.69 Å². The Labute approximate surface area is 158 Å². The van der Waals surface area contributed by atoms with E-state index < -0.39 is 26.8 Å². The van der Waals surface area contributed by atoms with Crippen LogP contribution in [0.15, 0.2) is 34.3 Å². The molecule has 0 atom stereocenters. The van der Waals surface area contributed by atoms with Gasteiger partial charge in [0.15, 0.2) is 0 Å². The van der Waals surface area contributed by atoms with Crippen molar-refractivity contribution >= 4 is 32.4 Å². The number of esters is 1. The van der Waals surface area contributed by atoms with Crippen molar-refractivity contribution in [3.05, 3.63) is 24.3 Å². The maximum absolute atomic E-state index is 13.0. The molecule has 0 radical (unpaired) electrons. The van der Waals surface area contributed by atoms with Gasteiger partial charge in [-0.1, -0.05) is 12.1 Å². The van der Waals surface area contributed by atoms with E-state index in [9.17, 15) is 18.0 Å². The first-order valence-electron chi connectivity index (χ1n) is 8.99. The highest BCUT2D eigenvalue weighted by Gasteiger charge is 2.40. The summed E-state index contributed by atoms with van der Waals surface area (Å²) in [4.78, 5) is 26.4. The fraction of sp³-hybridized carbons (Fsp3) is 0.500. The fourth-order valence-corrected chi connectivity index (χ4v) is 4.63. The summed E-state index contributed by atoms with van der Waals surface area (Å²) >= 11 is 0. The SMILES string of the molecule is CC(C)OC(=O)CN1N=C(C(=O)N2CCCCC2)S(=O)(=O)c2ccccc21. The Hall–Kier alpha value is -2.42. The molecule has 146 valence electrons. The summed E-state index contributed by atoms with van der Waals surface area (Å²) in [5, 5.41) is 4.76. The minimum absolute atomic E-state index is 0.0299. The summed E-state index contributed by atoms with van der Waals surface area (Å²) in [6, 6.07) is 6.21. The maximum Gasteiger partial charge on any atom is 0.328 e. The highest BCUT2D eigenvalue weighted by molar-refractivity contribution is 8.08. The van der Waals surface area contributed by atoms with Crippen molar-refractivity contribution in [3.63, 3.8) is 0 Å². The number of likely N-dealkylation sites (tertiary alicyclic amines) is 1. The molecule has 1 fully saturated rings. The zero-order valence-electron chi connectivity index (χ0n) is 15.4. The van der Waals surface area contributed by atoms with E-state index in [1.165, 1.54) is 16.0 Å². The Balaban J connectivity index is 1.98. The van der Waals surface area contributed by atoms with Gasteiger partial charge in [0.1, 0.15) is 6.54 Å². The van der Waals surface area contributed by atoms with Gasteiger partial charge in [0.05, 0.1) is 16.7 Å². The molecule has 1 aromatic rings. The molecule has 0 saturated carbocycles. The number of amides is 1. The van der Waals surface area contributed by atoms with Crippen LogP contribution in [-0.4, -0.2) is 56.0 Å². The van der Waals surface area contributed by atoms with Crippen molar-refractivity contribution < 1.29 is 22.7 Å². The third-order valence-corrected chi connectivity index (χ3v) is 6.06. The van der Waals surface area contributed by atoms with E-state index in [0.717, 1.165) is 19.3 Å². The number of benzene rings is 1. The van der Waals surface area contributed by atoms with Crippen molar-refractivity contribution in [2.75, 3.05) is 24.6 Å². The van der Waals surface area contributed by atoms with Gasteiger partial charge >= 0.3 is 5.97 Å². The standard InChI is InChI=1S/C18H23N3O5S/c1-13(2)26-16(22)12-21-14-8-4-5-9-15(14)27(24,25)17(19-21)18(23)20-10-6-3-7-11-20/h4-5,8-9,13H,3,6-7,10-12H2,1-2H3. The van der Waals surface area contributed by atoms with Crippen LogP contribution in [-0.2, 0) is 24.2 Å². The molecule has 8 nitrogen and oxygen atoms in total. The van der Waals surface area contributed by atoms with E-state index >= 15 is 0 Å². The van der Waals surface area contributed by atoms with Crippen LogP contribution in [0.1, 0.15) is 33.1 Å². The van der Waals surface area contributed by atoms with Crippen LogP contribution >= 0.6 is 0 Å². The first-order valence-corrected chi connectivity index (χ1v) is 10.5. The first-order chi connectivity index (χ1) is 12.8. The van der Waals surface area contributed by atoms with Crippen molar-refractivity contribution in [1.29, 1.82) is 0 Å². The molecule has 2 aliphatic rings. The Morgan fingerprint density at radius 1 is 1.15 bits per heavy atom. The summed E-state index contributed by atoms with van der Waals surface area (Å²) in [7, 11) is -4.06. The molecule has 0 spiro atoms. The second-order valence-electron chi connectivity index (χ2n) is 6.83. The minimum Gasteiger partial charge on any atom is -0.462 e. The number of hydrogen-bond acceptors (Lipinski definition) is 7. The van der Waals surface area contributed by atoms with Crippen LogP contribution in [0.3, 0.4) is 0 Å². The van der Waals surface area contributed by atoms with Gasteiger partial charge in [0, 0.05) is 13.1 Å². The summed E-state index contributed by atoms with van der Waals surface area (Å²) in [5.74, 6) is -1.17. The average molecular weight is 393 g/mol. The molecule has 9 heteroatoms. The van der Waals surface area contributed by atoms with E-state index in [2.05, 4.69) is 5.10 Å². The Kier molecular flexibility index (Phi) is 5.50. The molecule has 0 aromatic heterocycles. The number of hydrogen-bond donors (Lipinski definition) is 0. The van der Waals surface area contributed by atoms with Gasteiger partial charge in [-0.15, -0.1) is 0 Å². The van der Waals surface area contributed by atoms with Gasteiger partial charge < -0.3 is 9.64 Å². The van der Waals surface area contributed by atoms with Crippen molar-refractivity contribution in [3.8, 4) is 0 Å². The van der Waals surface area contributed by atoms with E-state index in [1.807, 2.05) is 0 Å². The predicted molar refractivity (Wildman–Crippen MR) is 100 cm³/mol. The summed E-state index contributed by atoms with van der Waals surface area (Å²) < 4.78 is 31.1. The van der Waals surface area contributed by atoms with Gasteiger partial charge in [0.2, 0.25) is 14.9 Å². The normalized spacial score (nSPS) is 18.7. The van der Waals surface area contributed by atoms with Crippen LogP contribution in [0.5, 0.6) is 0 Å². The third kappa shape index (κ3) is 3.97. The zero-order chi connectivity index (χ0) is 19.6. The summed E-state index contributed by atoms with van der Waals surface area (Å²) in [5.41, 5.74) is 0.258. The van der Waals surface area contributed by atoms with Crippen molar-refractivity contribution in [2.24, 2.45) is 5.10 Å². The van der Waals surface area contributed by atoms with Crippen molar-refractivity contribution in [1.82, 2.24) is 4.90 Å². The lowest BCUT2D eigenvalue weighted by molar-refractivity contribution is -0.145. The maximum atomic E-state index is 13.0. The molecule has 2 heterocycles. The van der Waals surface area contributed by atoms with Gasteiger partial charge in [-0.2, -0.15) is 5.10 Å². The van der Waals surface area contributed by atoms with Gasteiger partial charge in [-0.05, 0) is 45.2 Å². The molecular weight excluding hydrogens is 370 g/mol. The van der Waals surface area contributed by atoms with Gasteiger partial charge in [-0.3, -0.25) is 14.6 Å². The topological polar surface area (TPSA) is 96.3 Å². The van der Waals surface area contributed by atoms with Gasteiger partial charge in [0.25, 0.3) is 5.91 Å². The summed E-state index contributed by atoms with van der Waals surface area (Å²) in [6.07, 6.45) is 2.37. The number of rotatable bonds is 4. The number of carbonyl (C=O) groups excluding carboxylic acids is 2. The molecule has 27 heavy (non-hydrogen) atoms. The number of fused-ring (bicyclic) bond motifs is 1. The molecule has 1 amide bonds. The molecule has 0 unspecified atom stereocenters. The number of para-hydroxylation sites is 1. The van der Waals surface area contributed by atoms with Crippen LogP contribution in [0.2, 0.25) is 0 Å². The monoisotopic (exact) mass is 393 g/mol. The zero-order valence-corrected chi connectivity index (χ0v) is 16.2. The van der Waals surface area contributed by atoms with Crippen LogP contribution < -0.4 is 5.01 Å². The number of nitrogens with zero attached hydrogens (tertiary/aromatic N) is 3. The molecule has 0 bridgehead atoms. The Morgan fingerprint density at radius 3 is 2.48 bits per heavy atom. The lowest BCUT2D eigenvalue weighted by atomic mass is 10.1. The number of anilines is 1. The average Bonchev–Trinajstić information content (AvgIpc) is 2.63. The molecule has 2 aliphatic heterocycles. The molecule has 1 saturated heterocycles. The van der Waals surface area contributed by atoms with E-state index in [-0.39, 0.29) is 23.2 Å². The second kappa shape index (κ2) is 7.67. The second-order valence-corrected chi connectivity index (χ2v) is 8.66. The lowest BCUT2D eigenvalue weighted by Gasteiger charge is -2.30. The van der Waals surface area contributed by atoms with Gasteiger partial charge in [-0.25, -0.2) is 8.42 Å². The van der Waals surface area contributed by atoms with E-state index in [4.69, 9.17) is 4.74 Å². The molecule has 0 N–H and O–H groups in total. The fourth-order valence-electron chi connectivity index (χ4n) is 3.15. The highest BCUT2D eigenvalue weighted by Crippen LogP contribution is 2.32. The number of ether oxygens (including phenoxy) is 1. The van der Waals surface area contributed by atoms with E-state index in [0.29, 0.717) is 13.1 Å². The molecule has 1 aromatic carbocycles. The lowest BCUT2D eigenvalue weighted by Crippen LogP contribution is -2.46. The molecule has 3 rings (SSSR count). The third-order valence-electron chi connectivity index (χ3n) is 4.37. The van der Waals surface area contributed by atoms with Crippen LogP contribution in [0, 0.1) is 0 Å². The summed E-state index contributed by atoms with van der Waals surface area (Å²) in [6.45, 7) is 4.18. The number of piperidine rings is 1. The van der Waals surface area contributed by atoms with E-state index in [1.54, 1.807) is 32.0 Å².